The minimum atomic E-state index is -0.579. The van der Waals surface area contributed by atoms with Gasteiger partial charge in [-0.3, -0.25) is 0 Å². The van der Waals surface area contributed by atoms with Gasteiger partial charge in [0.25, 0.3) is 0 Å². The van der Waals surface area contributed by atoms with E-state index in [0.717, 1.165) is 11.3 Å². The van der Waals surface area contributed by atoms with E-state index >= 15 is 0 Å². The molecule has 1 N–H and O–H groups in total. The highest BCUT2D eigenvalue weighted by Crippen LogP contribution is 2.03. The number of methoxy groups -OCH3 is 1. The van der Waals surface area contributed by atoms with Gasteiger partial charge in [0.05, 0.1) is 12.8 Å². The number of alkyl halides is 1. The summed E-state index contributed by atoms with van der Waals surface area (Å²) in [4.78, 5) is 10.8. The molecule has 0 radical (unpaired) electrons. The molecule has 1 aromatic carbocycles. The van der Waals surface area contributed by atoms with Crippen LogP contribution >= 0.6 is 15.9 Å². The molecule has 0 atom stereocenters. The van der Waals surface area contributed by atoms with Crippen LogP contribution in [-0.2, 0) is 4.74 Å². The van der Waals surface area contributed by atoms with E-state index in [1.807, 2.05) is 30.3 Å². The molecule has 0 saturated heterocycles. The Bertz CT molecular complexity index is 352. The number of hydrazone groups is 1. The third-order valence-electron chi connectivity index (χ3n) is 1.70. The second kappa shape index (κ2) is 6.19. The fraction of sp³-hybridized carbons (Fsp3) is 0.200. The summed E-state index contributed by atoms with van der Waals surface area (Å²) in [6.07, 6.45) is -0.579. The number of rotatable bonds is 3. The number of benzene rings is 1. The van der Waals surface area contributed by atoms with Crippen LogP contribution in [0.2, 0.25) is 0 Å². The van der Waals surface area contributed by atoms with Crippen molar-refractivity contribution in [1.29, 1.82) is 0 Å². The summed E-state index contributed by atoms with van der Waals surface area (Å²) < 4.78 is 4.41. The molecule has 1 amide bonds. The van der Waals surface area contributed by atoms with Gasteiger partial charge in [0.1, 0.15) is 0 Å². The Morgan fingerprint density at radius 1 is 1.47 bits per heavy atom. The summed E-state index contributed by atoms with van der Waals surface area (Å²) in [5.74, 6) is 0. The van der Waals surface area contributed by atoms with Gasteiger partial charge in [0.15, 0.2) is 0 Å². The van der Waals surface area contributed by atoms with E-state index in [-0.39, 0.29) is 0 Å². The van der Waals surface area contributed by atoms with Crippen molar-refractivity contribution in [2.45, 2.75) is 0 Å². The number of carbonyl (C=O) groups is 1. The third kappa shape index (κ3) is 3.71. The maximum atomic E-state index is 10.8. The highest BCUT2D eigenvalue weighted by Gasteiger charge is 2.02. The molecule has 0 aliphatic carbocycles. The lowest BCUT2D eigenvalue weighted by atomic mass is 10.1. The third-order valence-corrected chi connectivity index (χ3v) is 2.23. The Balaban J connectivity index is 2.76. The van der Waals surface area contributed by atoms with Gasteiger partial charge in [-0.05, 0) is 5.56 Å². The van der Waals surface area contributed by atoms with E-state index in [1.54, 1.807) is 0 Å². The first-order valence-electron chi connectivity index (χ1n) is 4.30. The van der Waals surface area contributed by atoms with Gasteiger partial charge in [0.2, 0.25) is 0 Å². The molecule has 0 bridgehead atoms. The van der Waals surface area contributed by atoms with E-state index in [0.29, 0.717) is 5.33 Å². The average molecular weight is 271 g/mol. The van der Waals surface area contributed by atoms with E-state index in [2.05, 4.69) is 31.2 Å². The van der Waals surface area contributed by atoms with Gasteiger partial charge < -0.3 is 4.74 Å². The lowest BCUT2D eigenvalue weighted by Gasteiger charge is -2.03. The van der Waals surface area contributed by atoms with Crippen LogP contribution in [0.25, 0.3) is 0 Å². The van der Waals surface area contributed by atoms with Gasteiger partial charge in [-0.15, -0.1) is 0 Å². The Morgan fingerprint density at radius 2 is 2.13 bits per heavy atom. The first kappa shape index (κ1) is 11.7. The fourth-order valence-electron chi connectivity index (χ4n) is 0.961. The Hall–Kier alpha value is -1.36. The van der Waals surface area contributed by atoms with Crippen molar-refractivity contribution < 1.29 is 9.53 Å². The molecule has 4 nitrogen and oxygen atoms in total. The number of amides is 1. The maximum absolute atomic E-state index is 10.8. The number of ether oxygens (including phenoxy) is 1. The van der Waals surface area contributed by atoms with Crippen LogP contribution in [0.4, 0.5) is 4.79 Å². The summed E-state index contributed by atoms with van der Waals surface area (Å²) >= 11 is 3.30. The standard InChI is InChI=1S/C10H11BrN2O2/c1-15-10(14)13-12-9(7-11)8-5-3-2-4-6-8/h2-6H,7H2,1H3,(H,13,14). The molecule has 80 valence electrons. The minimum Gasteiger partial charge on any atom is -0.452 e. The number of hydrogen-bond donors (Lipinski definition) is 1. The molecule has 0 saturated carbocycles. The van der Waals surface area contributed by atoms with Crippen molar-refractivity contribution in [3.63, 3.8) is 0 Å². The zero-order valence-corrected chi connectivity index (χ0v) is 9.82. The topological polar surface area (TPSA) is 50.7 Å². The first-order chi connectivity index (χ1) is 7.27. The van der Waals surface area contributed by atoms with Crippen LogP contribution < -0.4 is 5.43 Å². The molecule has 0 aliphatic rings. The van der Waals surface area contributed by atoms with Crippen molar-refractivity contribution >= 4 is 27.7 Å². The largest absolute Gasteiger partial charge is 0.452 e. The van der Waals surface area contributed by atoms with Crippen LogP contribution in [0, 0.1) is 0 Å². The zero-order valence-electron chi connectivity index (χ0n) is 8.24. The predicted molar refractivity (Wildman–Crippen MR) is 62.3 cm³/mol. The van der Waals surface area contributed by atoms with Crippen molar-refractivity contribution in [1.82, 2.24) is 5.43 Å². The number of nitrogens with zero attached hydrogens (tertiary/aromatic N) is 1. The number of halogens is 1. The SMILES string of the molecule is COC(=O)NN=C(CBr)c1ccccc1. The summed E-state index contributed by atoms with van der Waals surface area (Å²) in [6.45, 7) is 0. The molecule has 0 spiro atoms. The zero-order chi connectivity index (χ0) is 11.1. The smallest absolute Gasteiger partial charge is 0.427 e. The minimum absolute atomic E-state index is 0.557. The molecule has 1 aromatic rings. The molecule has 1 rings (SSSR count). The normalized spacial score (nSPS) is 10.9. The molecule has 0 unspecified atom stereocenters. The average Bonchev–Trinajstić information content (AvgIpc) is 2.31. The highest BCUT2D eigenvalue weighted by atomic mass is 79.9. The predicted octanol–water partition coefficient (Wildman–Crippen LogP) is 2.14. The van der Waals surface area contributed by atoms with E-state index in [9.17, 15) is 4.79 Å². The number of nitrogens with one attached hydrogen (secondary N) is 1. The molecular weight excluding hydrogens is 260 g/mol. The van der Waals surface area contributed by atoms with Gasteiger partial charge in [-0.25, -0.2) is 10.2 Å². The van der Waals surface area contributed by atoms with E-state index < -0.39 is 6.09 Å². The van der Waals surface area contributed by atoms with Crippen molar-refractivity contribution in [3.05, 3.63) is 35.9 Å². The lowest BCUT2D eigenvalue weighted by molar-refractivity contribution is 0.171. The number of carbonyl (C=O) groups excluding carboxylic acids is 1. The van der Waals surface area contributed by atoms with E-state index in [4.69, 9.17) is 0 Å². The second-order valence-electron chi connectivity index (χ2n) is 2.66. The molecule has 0 aliphatic heterocycles. The number of hydrogen-bond acceptors (Lipinski definition) is 3. The van der Waals surface area contributed by atoms with Crippen LogP contribution in [0.15, 0.2) is 35.4 Å². The van der Waals surface area contributed by atoms with Crippen LogP contribution in [0.3, 0.4) is 0 Å². The highest BCUT2D eigenvalue weighted by molar-refractivity contribution is 9.09. The summed E-state index contributed by atoms with van der Waals surface area (Å²) in [6, 6.07) is 9.57. The van der Waals surface area contributed by atoms with Crippen molar-refractivity contribution in [2.75, 3.05) is 12.4 Å². The summed E-state index contributed by atoms with van der Waals surface area (Å²) in [5.41, 5.74) is 3.97. The van der Waals surface area contributed by atoms with Crippen LogP contribution in [-0.4, -0.2) is 24.2 Å². The molecule has 0 heterocycles. The van der Waals surface area contributed by atoms with Crippen molar-refractivity contribution in [3.8, 4) is 0 Å². The molecule has 0 aromatic heterocycles. The Morgan fingerprint density at radius 3 is 2.67 bits per heavy atom. The quantitative estimate of drug-likeness (QED) is 0.520. The van der Waals surface area contributed by atoms with Crippen LogP contribution in [0.1, 0.15) is 5.56 Å². The van der Waals surface area contributed by atoms with Gasteiger partial charge in [0, 0.05) is 5.33 Å². The summed E-state index contributed by atoms with van der Waals surface area (Å²) in [5, 5.41) is 4.49. The summed E-state index contributed by atoms with van der Waals surface area (Å²) in [7, 11) is 1.29. The fourth-order valence-corrected chi connectivity index (χ4v) is 1.41. The van der Waals surface area contributed by atoms with Crippen molar-refractivity contribution in [2.24, 2.45) is 5.10 Å². The molecule has 5 heteroatoms. The first-order valence-corrected chi connectivity index (χ1v) is 5.42. The molecular formula is C10H11BrN2O2. The second-order valence-corrected chi connectivity index (χ2v) is 3.22. The Kier molecular flexibility index (Phi) is 4.83. The monoisotopic (exact) mass is 270 g/mol. The molecule has 15 heavy (non-hydrogen) atoms. The van der Waals surface area contributed by atoms with Gasteiger partial charge >= 0.3 is 6.09 Å². The molecule has 0 fully saturated rings. The van der Waals surface area contributed by atoms with Crippen LogP contribution in [0.5, 0.6) is 0 Å². The Labute approximate surface area is 96.4 Å². The van der Waals surface area contributed by atoms with E-state index in [1.165, 1.54) is 7.11 Å². The maximum Gasteiger partial charge on any atom is 0.427 e. The van der Waals surface area contributed by atoms with Gasteiger partial charge in [-0.2, -0.15) is 5.10 Å². The lowest BCUT2D eigenvalue weighted by Crippen LogP contribution is -2.20. The van der Waals surface area contributed by atoms with Gasteiger partial charge in [-0.1, -0.05) is 46.3 Å².